The lowest BCUT2D eigenvalue weighted by atomic mass is 9.96. The van der Waals surface area contributed by atoms with Gasteiger partial charge in [0, 0.05) is 16.0 Å². The van der Waals surface area contributed by atoms with E-state index in [9.17, 15) is 9.90 Å². The number of aromatic amines is 1. The normalized spacial score (nSPS) is 11.0. The van der Waals surface area contributed by atoms with Crippen molar-refractivity contribution in [2.24, 2.45) is 0 Å². The molecule has 0 aliphatic heterocycles. The Morgan fingerprint density at radius 2 is 1.82 bits per heavy atom. The van der Waals surface area contributed by atoms with Crippen LogP contribution in [-0.2, 0) is 6.42 Å². The Labute approximate surface area is 133 Å². The van der Waals surface area contributed by atoms with Crippen LogP contribution in [0.2, 0.25) is 5.02 Å². The summed E-state index contributed by atoms with van der Waals surface area (Å²) in [4.78, 5) is 15.0. The number of aromatic hydroxyl groups is 1. The molecule has 0 aliphatic rings. The molecule has 0 amide bonds. The van der Waals surface area contributed by atoms with Crippen LogP contribution in [0.5, 0.6) is 5.75 Å². The van der Waals surface area contributed by atoms with Crippen LogP contribution in [-0.4, -0.2) is 10.1 Å². The Balaban J connectivity index is 2.25. The summed E-state index contributed by atoms with van der Waals surface area (Å²) in [7, 11) is 0. The van der Waals surface area contributed by atoms with Gasteiger partial charge in [-0.2, -0.15) is 0 Å². The molecule has 3 aromatic rings. The van der Waals surface area contributed by atoms with Gasteiger partial charge in [0.15, 0.2) is 0 Å². The number of benzene rings is 2. The van der Waals surface area contributed by atoms with Gasteiger partial charge in [-0.25, -0.2) is 0 Å². The summed E-state index contributed by atoms with van der Waals surface area (Å²) in [5.41, 5.74) is 3.96. The minimum absolute atomic E-state index is 0.124. The Morgan fingerprint density at radius 3 is 2.50 bits per heavy atom. The van der Waals surface area contributed by atoms with Crippen LogP contribution in [0.15, 0.2) is 41.2 Å². The summed E-state index contributed by atoms with van der Waals surface area (Å²) in [5, 5.41) is 11.7. The van der Waals surface area contributed by atoms with Gasteiger partial charge in [-0.05, 0) is 61.2 Å². The lowest BCUT2D eigenvalue weighted by Crippen LogP contribution is -2.13. The van der Waals surface area contributed by atoms with E-state index in [2.05, 4.69) is 4.98 Å². The highest BCUT2D eigenvalue weighted by Gasteiger charge is 2.13. The van der Waals surface area contributed by atoms with Crippen LogP contribution in [0.4, 0.5) is 0 Å². The molecule has 0 bridgehead atoms. The molecule has 0 atom stereocenters. The fourth-order valence-electron chi connectivity index (χ4n) is 2.75. The molecule has 0 radical (unpaired) electrons. The van der Waals surface area contributed by atoms with Crippen LogP contribution < -0.4 is 5.56 Å². The summed E-state index contributed by atoms with van der Waals surface area (Å²) in [5.74, 6) is 0.193. The standard InChI is InChI=1S/C18H16ClNO2/c1-10-7-15-17(16(21)8-10)14(11(2)18(22)20-15)9-12-3-5-13(19)6-4-12/h3-8,21H,9H2,1-2H3,(H,20,22). The summed E-state index contributed by atoms with van der Waals surface area (Å²) in [6.45, 7) is 3.67. The second-order valence-corrected chi connectivity index (χ2v) is 6.00. The first kappa shape index (κ1) is 14.7. The van der Waals surface area contributed by atoms with E-state index in [1.165, 1.54) is 0 Å². The second kappa shape index (κ2) is 5.50. The average Bonchev–Trinajstić information content (AvgIpc) is 2.45. The van der Waals surface area contributed by atoms with Gasteiger partial charge in [0.2, 0.25) is 0 Å². The van der Waals surface area contributed by atoms with Gasteiger partial charge in [0.05, 0.1) is 5.52 Å². The van der Waals surface area contributed by atoms with Gasteiger partial charge >= 0.3 is 0 Å². The van der Waals surface area contributed by atoms with E-state index < -0.39 is 0 Å². The molecule has 2 N–H and O–H groups in total. The summed E-state index contributed by atoms with van der Waals surface area (Å²) in [6, 6.07) is 11.1. The summed E-state index contributed by atoms with van der Waals surface area (Å²) >= 11 is 5.91. The molecule has 0 aliphatic carbocycles. The van der Waals surface area contributed by atoms with E-state index in [1.807, 2.05) is 37.3 Å². The minimum atomic E-state index is -0.124. The van der Waals surface area contributed by atoms with Gasteiger partial charge in [-0.15, -0.1) is 0 Å². The van der Waals surface area contributed by atoms with Crippen LogP contribution in [0.25, 0.3) is 10.9 Å². The van der Waals surface area contributed by atoms with Gasteiger partial charge < -0.3 is 10.1 Å². The maximum absolute atomic E-state index is 12.2. The van der Waals surface area contributed by atoms with Crippen molar-refractivity contribution in [3.05, 3.63) is 74.0 Å². The number of aryl methyl sites for hydroxylation is 1. The lowest BCUT2D eigenvalue weighted by Gasteiger charge is -2.12. The van der Waals surface area contributed by atoms with Crippen molar-refractivity contribution in [2.75, 3.05) is 0 Å². The van der Waals surface area contributed by atoms with Crippen molar-refractivity contribution in [3.8, 4) is 5.75 Å². The van der Waals surface area contributed by atoms with E-state index >= 15 is 0 Å². The predicted octanol–water partition coefficient (Wildman–Crippen LogP) is 4.09. The first-order valence-corrected chi connectivity index (χ1v) is 7.43. The first-order chi connectivity index (χ1) is 10.5. The molecule has 0 saturated carbocycles. The van der Waals surface area contributed by atoms with Crippen molar-refractivity contribution >= 4 is 22.5 Å². The number of hydrogen-bond acceptors (Lipinski definition) is 2. The SMILES string of the molecule is Cc1cc(O)c2c(Cc3ccc(Cl)cc3)c(C)c(=O)[nH]c2c1. The smallest absolute Gasteiger partial charge is 0.251 e. The van der Waals surface area contributed by atoms with Crippen LogP contribution in [0, 0.1) is 13.8 Å². The number of hydrogen-bond donors (Lipinski definition) is 2. The van der Waals surface area contributed by atoms with E-state index in [0.29, 0.717) is 27.9 Å². The number of nitrogens with one attached hydrogen (secondary N) is 1. The number of rotatable bonds is 2. The number of aromatic nitrogens is 1. The third kappa shape index (κ3) is 2.60. The third-order valence-corrected chi connectivity index (χ3v) is 4.15. The average molecular weight is 314 g/mol. The molecule has 3 nitrogen and oxygen atoms in total. The van der Waals surface area contributed by atoms with Crippen LogP contribution in [0.1, 0.15) is 22.3 Å². The Morgan fingerprint density at radius 1 is 1.14 bits per heavy atom. The summed E-state index contributed by atoms with van der Waals surface area (Å²) in [6.07, 6.45) is 0.569. The van der Waals surface area contributed by atoms with E-state index in [1.54, 1.807) is 13.0 Å². The predicted molar refractivity (Wildman–Crippen MR) is 90.0 cm³/mol. The molecule has 0 spiro atoms. The van der Waals surface area contributed by atoms with Gasteiger partial charge in [0.1, 0.15) is 5.75 Å². The minimum Gasteiger partial charge on any atom is -0.507 e. The highest BCUT2D eigenvalue weighted by atomic mass is 35.5. The van der Waals surface area contributed by atoms with Gasteiger partial charge in [-0.3, -0.25) is 4.79 Å². The van der Waals surface area contributed by atoms with Crippen molar-refractivity contribution in [1.82, 2.24) is 4.98 Å². The fourth-order valence-corrected chi connectivity index (χ4v) is 2.88. The Kier molecular flexibility index (Phi) is 3.67. The quantitative estimate of drug-likeness (QED) is 0.748. The van der Waals surface area contributed by atoms with E-state index in [4.69, 9.17) is 11.6 Å². The summed E-state index contributed by atoms with van der Waals surface area (Å²) < 4.78 is 0. The number of H-pyrrole nitrogens is 1. The van der Waals surface area contributed by atoms with Crippen molar-refractivity contribution in [3.63, 3.8) is 0 Å². The largest absolute Gasteiger partial charge is 0.507 e. The van der Waals surface area contributed by atoms with Crippen molar-refractivity contribution in [2.45, 2.75) is 20.3 Å². The molecule has 112 valence electrons. The molecule has 0 saturated heterocycles. The molecule has 3 rings (SSSR count). The molecule has 0 fully saturated rings. The highest BCUT2D eigenvalue weighted by molar-refractivity contribution is 6.30. The topological polar surface area (TPSA) is 53.1 Å². The zero-order valence-electron chi connectivity index (χ0n) is 12.4. The molecule has 1 heterocycles. The first-order valence-electron chi connectivity index (χ1n) is 7.05. The molecule has 1 aromatic heterocycles. The molecular formula is C18H16ClNO2. The molecule has 4 heteroatoms. The zero-order chi connectivity index (χ0) is 15.9. The van der Waals surface area contributed by atoms with Gasteiger partial charge in [-0.1, -0.05) is 23.7 Å². The van der Waals surface area contributed by atoms with Crippen LogP contribution in [0.3, 0.4) is 0 Å². The van der Waals surface area contributed by atoms with Crippen molar-refractivity contribution in [1.29, 1.82) is 0 Å². The monoisotopic (exact) mass is 313 g/mol. The highest BCUT2D eigenvalue weighted by Crippen LogP contribution is 2.30. The fraction of sp³-hybridized carbons (Fsp3) is 0.167. The van der Waals surface area contributed by atoms with Crippen LogP contribution >= 0.6 is 11.6 Å². The number of halogens is 1. The third-order valence-electron chi connectivity index (χ3n) is 3.90. The number of fused-ring (bicyclic) bond motifs is 1. The maximum atomic E-state index is 12.2. The number of phenols is 1. The Hall–Kier alpha value is -2.26. The molecule has 0 unspecified atom stereocenters. The maximum Gasteiger partial charge on any atom is 0.251 e. The van der Waals surface area contributed by atoms with Gasteiger partial charge in [0.25, 0.3) is 5.56 Å². The zero-order valence-corrected chi connectivity index (χ0v) is 13.2. The Bertz CT molecular complexity index is 911. The molecular weight excluding hydrogens is 298 g/mol. The van der Waals surface area contributed by atoms with E-state index in [-0.39, 0.29) is 11.3 Å². The van der Waals surface area contributed by atoms with E-state index in [0.717, 1.165) is 16.7 Å². The molecule has 2 aromatic carbocycles. The second-order valence-electron chi connectivity index (χ2n) is 5.57. The molecule has 22 heavy (non-hydrogen) atoms. The lowest BCUT2D eigenvalue weighted by molar-refractivity contribution is 0.481. The van der Waals surface area contributed by atoms with Crippen molar-refractivity contribution < 1.29 is 5.11 Å². The number of pyridine rings is 1. The number of phenolic OH excluding ortho intramolecular Hbond substituents is 1.